The largest absolute Gasteiger partial charge is 0.324 e. The summed E-state index contributed by atoms with van der Waals surface area (Å²) in [6, 6.07) is 29.3. The number of aromatic amines is 2. The van der Waals surface area contributed by atoms with Gasteiger partial charge in [-0.05, 0) is 12.5 Å². The average Bonchev–Trinajstić information content (AvgIpc) is 4.02. The van der Waals surface area contributed by atoms with Crippen molar-refractivity contribution in [2.75, 3.05) is 10.5 Å². The van der Waals surface area contributed by atoms with Crippen molar-refractivity contribution in [3.63, 3.8) is 0 Å². The summed E-state index contributed by atoms with van der Waals surface area (Å²) in [5.41, 5.74) is 5.93. The van der Waals surface area contributed by atoms with Crippen molar-refractivity contribution in [1.29, 1.82) is 0 Å². The van der Waals surface area contributed by atoms with E-state index >= 15 is 0 Å². The maximum Gasteiger partial charge on any atom is 0.232 e. The molecule has 318 valence electrons. The SMILES string of the molecule is CCCCCCCCCCCCCCCCCCS(=O)(=O)Nc1cccc2c3nc4nc(nc5[nH]c(nc6nc(nc([nH]3)c12)-c1ccccc1-6)c1ccccc51)-c1ccccc1-4. The molecule has 5 heterocycles. The first-order valence-corrected chi connectivity index (χ1v) is 24.3. The molecule has 7 aromatic rings. The molecule has 62 heavy (non-hydrogen) atoms. The van der Waals surface area contributed by atoms with Gasteiger partial charge in [0, 0.05) is 38.4 Å². The maximum atomic E-state index is 13.7. The van der Waals surface area contributed by atoms with Gasteiger partial charge >= 0.3 is 0 Å². The minimum Gasteiger partial charge on any atom is -0.324 e. The highest BCUT2D eigenvalue weighted by atomic mass is 32.2. The van der Waals surface area contributed by atoms with Gasteiger partial charge in [-0.3, -0.25) is 4.72 Å². The van der Waals surface area contributed by atoms with E-state index in [1.54, 1.807) is 6.07 Å². The van der Waals surface area contributed by atoms with Gasteiger partial charge in [-0.25, -0.2) is 38.3 Å². The fourth-order valence-electron chi connectivity index (χ4n) is 8.83. The second kappa shape index (κ2) is 18.9. The number of fused-ring (bicyclic) bond motifs is 20. The molecule has 12 heteroatoms. The zero-order chi connectivity index (χ0) is 42.3. The lowest BCUT2D eigenvalue weighted by Gasteiger charge is -2.09. The monoisotopic (exact) mass is 845 g/mol. The number of H-pyrrole nitrogens is 2. The first-order valence-electron chi connectivity index (χ1n) is 22.7. The third-order valence-corrected chi connectivity index (χ3v) is 13.5. The third kappa shape index (κ3) is 9.11. The van der Waals surface area contributed by atoms with Crippen molar-refractivity contribution >= 4 is 59.8 Å². The molecular weight excluding hydrogens is 791 g/mol. The number of rotatable bonds is 19. The zero-order valence-electron chi connectivity index (χ0n) is 35.6. The average molecular weight is 846 g/mol. The lowest BCUT2D eigenvalue weighted by atomic mass is 10.0. The van der Waals surface area contributed by atoms with Crippen molar-refractivity contribution in [2.45, 2.75) is 110 Å². The van der Waals surface area contributed by atoms with Crippen LogP contribution in [0, 0.1) is 0 Å². The first kappa shape index (κ1) is 41.3. The van der Waals surface area contributed by atoms with Crippen LogP contribution in [0.3, 0.4) is 0 Å². The summed E-state index contributed by atoms with van der Waals surface area (Å²) < 4.78 is 30.4. The molecule has 9 rings (SSSR count). The van der Waals surface area contributed by atoms with E-state index in [9.17, 15) is 8.42 Å². The molecule has 8 bridgehead atoms. The Morgan fingerprint density at radius 3 is 1.26 bits per heavy atom. The molecule has 0 saturated heterocycles. The van der Waals surface area contributed by atoms with E-state index in [1.165, 1.54) is 77.0 Å². The fourth-order valence-corrected chi connectivity index (χ4v) is 10.0. The second-order valence-electron chi connectivity index (χ2n) is 16.7. The van der Waals surface area contributed by atoms with Crippen LogP contribution in [-0.4, -0.2) is 54.0 Å². The number of benzene rings is 4. The summed E-state index contributed by atoms with van der Waals surface area (Å²) in [5.74, 6) is 2.00. The van der Waals surface area contributed by atoms with Crippen molar-refractivity contribution in [2.24, 2.45) is 0 Å². The van der Waals surface area contributed by atoms with Crippen LogP contribution in [0.4, 0.5) is 5.69 Å². The summed E-state index contributed by atoms with van der Waals surface area (Å²) in [7, 11) is -3.68. The highest BCUT2D eigenvalue weighted by Crippen LogP contribution is 2.38. The number of aromatic nitrogens is 8. The van der Waals surface area contributed by atoms with Crippen LogP contribution in [0.5, 0.6) is 0 Å². The molecule has 2 aliphatic heterocycles. The van der Waals surface area contributed by atoms with Gasteiger partial charge in [0.25, 0.3) is 0 Å². The van der Waals surface area contributed by atoms with E-state index in [2.05, 4.69) is 21.6 Å². The normalized spacial score (nSPS) is 12.2. The quantitative estimate of drug-likeness (QED) is 0.0679. The Morgan fingerprint density at radius 1 is 0.419 bits per heavy atom. The number of hydrogen-bond donors (Lipinski definition) is 3. The topological polar surface area (TPSA) is 155 Å². The smallest absolute Gasteiger partial charge is 0.232 e. The number of sulfonamides is 1. The molecular formula is C50H55N9O2S. The van der Waals surface area contributed by atoms with Crippen LogP contribution >= 0.6 is 0 Å². The van der Waals surface area contributed by atoms with Gasteiger partial charge in [-0.15, -0.1) is 0 Å². The van der Waals surface area contributed by atoms with Gasteiger partial charge in [0.1, 0.15) is 22.6 Å². The lowest BCUT2D eigenvalue weighted by Crippen LogP contribution is -2.16. The maximum absolute atomic E-state index is 13.7. The van der Waals surface area contributed by atoms with Crippen LogP contribution in [0.2, 0.25) is 0 Å². The Hall–Kier alpha value is -6.01. The highest BCUT2D eigenvalue weighted by Gasteiger charge is 2.23. The number of anilines is 1. The molecule has 0 atom stereocenters. The molecule has 0 aliphatic carbocycles. The molecule has 0 spiro atoms. The molecule has 3 aromatic heterocycles. The summed E-state index contributed by atoms with van der Waals surface area (Å²) in [6.07, 6.45) is 19.8. The Bertz CT molecular complexity index is 2990. The Kier molecular flexibility index (Phi) is 12.6. The van der Waals surface area contributed by atoms with Crippen LogP contribution in [0.15, 0.2) is 91.0 Å². The van der Waals surface area contributed by atoms with E-state index in [4.69, 9.17) is 29.9 Å². The van der Waals surface area contributed by atoms with Crippen molar-refractivity contribution in [1.82, 2.24) is 39.9 Å². The number of nitrogens with zero attached hydrogens (tertiary/aromatic N) is 6. The summed E-state index contributed by atoms with van der Waals surface area (Å²) in [5, 5.41) is 3.10. The van der Waals surface area contributed by atoms with E-state index in [-0.39, 0.29) is 5.75 Å². The van der Waals surface area contributed by atoms with Gasteiger partial charge < -0.3 is 9.97 Å². The van der Waals surface area contributed by atoms with E-state index in [0.717, 1.165) is 52.3 Å². The van der Waals surface area contributed by atoms with Gasteiger partial charge in [-0.2, -0.15) is 0 Å². The summed E-state index contributed by atoms with van der Waals surface area (Å²) in [4.78, 5) is 37.2. The number of unbranched alkanes of at least 4 members (excludes halogenated alkanes) is 15. The minimum atomic E-state index is -3.68. The standard InChI is InChI=1S/C50H55N9O2S/c1-2-3-4-5-6-7-8-9-10-11-12-13-14-15-16-23-33-62(60,61)59-41-32-24-31-40-42(41)50-57-48-39-30-22-21-29-38(39)46(55-48)53-44-35-26-18-17-25-34(35)43(51-44)52-45-36-27-19-20-28-37(36)47(54-45)56-49(40)58-50/h17-22,24-32,59H,2-16,23,33H2,1H3,(H2,51,52,53,54,55,56,57,58). The third-order valence-electron chi connectivity index (χ3n) is 12.1. The molecule has 11 nitrogen and oxygen atoms in total. The minimum absolute atomic E-state index is 0.0422. The molecule has 0 unspecified atom stereocenters. The van der Waals surface area contributed by atoms with Crippen LogP contribution in [0.25, 0.3) is 89.7 Å². The predicted molar refractivity (Wildman–Crippen MR) is 253 cm³/mol. The molecule has 0 saturated carbocycles. The lowest BCUT2D eigenvalue weighted by molar-refractivity contribution is 0.531. The molecule has 0 radical (unpaired) electrons. The Morgan fingerprint density at radius 2 is 0.790 bits per heavy atom. The van der Waals surface area contributed by atoms with Crippen molar-refractivity contribution in [3.8, 4) is 45.6 Å². The van der Waals surface area contributed by atoms with Crippen LogP contribution in [0.1, 0.15) is 110 Å². The highest BCUT2D eigenvalue weighted by molar-refractivity contribution is 7.92. The second-order valence-corrected chi connectivity index (χ2v) is 18.5. The molecule has 0 amide bonds. The summed E-state index contributed by atoms with van der Waals surface area (Å²) in [6.45, 7) is 2.27. The molecule has 0 fully saturated rings. The first-order chi connectivity index (χ1) is 30.5. The van der Waals surface area contributed by atoms with Crippen LogP contribution < -0.4 is 4.72 Å². The van der Waals surface area contributed by atoms with Crippen LogP contribution in [-0.2, 0) is 10.0 Å². The van der Waals surface area contributed by atoms with E-state index < -0.39 is 10.0 Å². The van der Waals surface area contributed by atoms with Gasteiger partial charge in [0.05, 0.1) is 16.8 Å². The fraction of sp³-hybridized carbons (Fsp3) is 0.360. The number of hydrogen-bond acceptors (Lipinski definition) is 8. The van der Waals surface area contributed by atoms with Crippen molar-refractivity contribution in [3.05, 3.63) is 91.0 Å². The molecule has 4 aromatic carbocycles. The van der Waals surface area contributed by atoms with Gasteiger partial charge in [-0.1, -0.05) is 188 Å². The predicted octanol–water partition coefficient (Wildman–Crippen LogP) is 12.9. The van der Waals surface area contributed by atoms with Gasteiger partial charge in [0.15, 0.2) is 23.3 Å². The Labute approximate surface area is 363 Å². The van der Waals surface area contributed by atoms with E-state index in [0.29, 0.717) is 68.8 Å². The molecule has 2 aliphatic rings. The number of nitrogens with one attached hydrogen (secondary N) is 3. The van der Waals surface area contributed by atoms with Gasteiger partial charge in [0.2, 0.25) is 10.0 Å². The Balaban J connectivity index is 0.990. The van der Waals surface area contributed by atoms with E-state index in [1.807, 2.05) is 84.9 Å². The summed E-state index contributed by atoms with van der Waals surface area (Å²) >= 11 is 0. The molecule has 3 N–H and O–H groups in total. The van der Waals surface area contributed by atoms with Crippen molar-refractivity contribution < 1.29 is 8.42 Å². The zero-order valence-corrected chi connectivity index (χ0v) is 36.4.